The van der Waals surface area contributed by atoms with Crippen LogP contribution in [0.2, 0.25) is 0 Å². The molecule has 0 saturated heterocycles. The number of hydrogen-bond donors (Lipinski definition) is 3. The Bertz CT molecular complexity index is 291. The summed E-state index contributed by atoms with van der Waals surface area (Å²) >= 11 is 0. The van der Waals surface area contributed by atoms with Crippen molar-refractivity contribution in [1.82, 2.24) is 4.98 Å². The number of nitrogens with two attached hydrogens (primary N) is 1. The van der Waals surface area contributed by atoms with Crippen LogP contribution in [0.3, 0.4) is 0 Å². The monoisotopic (exact) mass is 197 g/mol. The zero-order valence-electron chi connectivity index (χ0n) is 8.16. The van der Waals surface area contributed by atoms with Gasteiger partial charge >= 0.3 is 0 Å². The van der Waals surface area contributed by atoms with Gasteiger partial charge in [0, 0.05) is 6.54 Å². The molecule has 0 aromatic carbocycles. The summed E-state index contributed by atoms with van der Waals surface area (Å²) in [5.74, 6) is 1.08. The molecule has 0 aliphatic rings. The number of nitrogens with zero attached hydrogens (tertiary/aromatic N) is 1. The molecular formula is C9H15N3O2. The Hall–Kier alpha value is -1.49. The van der Waals surface area contributed by atoms with Gasteiger partial charge in [0.25, 0.3) is 0 Å². The lowest BCUT2D eigenvalue weighted by atomic mass is 10.4. The van der Waals surface area contributed by atoms with E-state index in [1.165, 1.54) is 0 Å². The smallest absolute Gasteiger partial charge is 0.239 e. The van der Waals surface area contributed by atoms with Crippen molar-refractivity contribution in [3.05, 3.63) is 12.1 Å². The number of pyridine rings is 1. The number of ether oxygens (including phenoxy) is 1. The van der Waals surface area contributed by atoms with Crippen LogP contribution in [0.4, 0.5) is 11.5 Å². The third-order valence-corrected chi connectivity index (χ3v) is 1.59. The Balaban J connectivity index is 2.72. The van der Waals surface area contributed by atoms with Crippen LogP contribution in [0, 0.1) is 0 Å². The summed E-state index contributed by atoms with van der Waals surface area (Å²) in [4.78, 5) is 4.13. The van der Waals surface area contributed by atoms with Gasteiger partial charge < -0.3 is 20.9 Å². The number of anilines is 2. The van der Waals surface area contributed by atoms with E-state index in [4.69, 9.17) is 15.6 Å². The summed E-state index contributed by atoms with van der Waals surface area (Å²) in [6.45, 7) is 2.92. The van der Waals surface area contributed by atoms with Crippen LogP contribution in [0.15, 0.2) is 12.1 Å². The first-order valence-corrected chi connectivity index (χ1v) is 4.52. The van der Waals surface area contributed by atoms with Gasteiger partial charge in [-0.05, 0) is 19.1 Å². The summed E-state index contributed by atoms with van der Waals surface area (Å²) in [6.07, 6.45) is 0. The van der Waals surface area contributed by atoms with Gasteiger partial charge in [-0.3, -0.25) is 0 Å². The molecule has 78 valence electrons. The van der Waals surface area contributed by atoms with Gasteiger partial charge in [0.15, 0.2) is 0 Å². The second kappa shape index (κ2) is 5.29. The van der Waals surface area contributed by atoms with Crippen LogP contribution in [-0.4, -0.2) is 29.8 Å². The van der Waals surface area contributed by atoms with Crippen molar-refractivity contribution in [2.24, 2.45) is 0 Å². The lowest BCUT2D eigenvalue weighted by Gasteiger charge is -2.08. The minimum Gasteiger partial charge on any atom is -0.476 e. The quantitative estimate of drug-likeness (QED) is 0.639. The molecule has 0 atom stereocenters. The van der Waals surface area contributed by atoms with E-state index in [1.54, 1.807) is 12.1 Å². The largest absolute Gasteiger partial charge is 0.476 e. The topological polar surface area (TPSA) is 80.4 Å². The van der Waals surface area contributed by atoms with Gasteiger partial charge in [-0.2, -0.15) is 4.98 Å². The molecule has 1 aromatic rings. The minimum absolute atomic E-state index is 0.0655. The number of rotatable bonds is 5. The predicted octanol–water partition coefficient (Wildman–Crippen LogP) is 0.467. The number of nitrogen functional groups attached to an aromatic ring is 1. The molecule has 1 heterocycles. The molecule has 0 spiro atoms. The maximum atomic E-state index is 8.61. The molecule has 0 amide bonds. The average Bonchev–Trinajstić information content (AvgIpc) is 2.19. The van der Waals surface area contributed by atoms with Crippen LogP contribution in [0.1, 0.15) is 6.92 Å². The molecule has 5 heteroatoms. The highest BCUT2D eigenvalue weighted by atomic mass is 16.5. The molecule has 0 unspecified atom stereocenters. The Morgan fingerprint density at radius 1 is 1.57 bits per heavy atom. The maximum absolute atomic E-state index is 8.61. The van der Waals surface area contributed by atoms with Crippen LogP contribution in [0.25, 0.3) is 0 Å². The fraction of sp³-hybridized carbons (Fsp3) is 0.444. The molecule has 4 N–H and O–H groups in total. The summed E-state index contributed by atoms with van der Waals surface area (Å²) in [7, 11) is 0. The van der Waals surface area contributed by atoms with Gasteiger partial charge in [-0.15, -0.1) is 0 Å². The highest BCUT2D eigenvalue weighted by Gasteiger charge is 2.02. The van der Waals surface area contributed by atoms with E-state index in [9.17, 15) is 0 Å². The van der Waals surface area contributed by atoms with E-state index >= 15 is 0 Å². The number of aliphatic hydroxyl groups excluding tert-OH is 1. The molecule has 5 nitrogen and oxygen atoms in total. The Labute approximate surface area is 82.9 Å². The number of hydrogen-bond acceptors (Lipinski definition) is 5. The first-order valence-electron chi connectivity index (χ1n) is 4.52. The zero-order valence-corrected chi connectivity index (χ0v) is 8.16. The molecule has 14 heavy (non-hydrogen) atoms. The van der Waals surface area contributed by atoms with Crippen molar-refractivity contribution in [3.8, 4) is 5.88 Å². The fourth-order valence-electron chi connectivity index (χ4n) is 0.986. The summed E-state index contributed by atoms with van der Waals surface area (Å²) in [5, 5.41) is 11.5. The van der Waals surface area contributed by atoms with Crippen LogP contribution < -0.4 is 15.8 Å². The molecule has 0 bridgehead atoms. The van der Waals surface area contributed by atoms with Crippen molar-refractivity contribution >= 4 is 11.5 Å². The number of nitrogens with one attached hydrogen (secondary N) is 1. The van der Waals surface area contributed by atoms with E-state index in [-0.39, 0.29) is 6.61 Å². The van der Waals surface area contributed by atoms with Crippen LogP contribution in [-0.2, 0) is 0 Å². The normalized spacial score (nSPS) is 9.86. The van der Waals surface area contributed by atoms with E-state index in [0.717, 1.165) is 0 Å². The summed E-state index contributed by atoms with van der Waals surface area (Å²) in [6, 6.07) is 3.46. The predicted molar refractivity (Wildman–Crippen MR) is 55.4 cm³/mol. The molecule has 1 aromatic heterocycles. The third kappa shape index (κ3) is 2.77. The SMILES string of the molecule is CCOc1nc(NCCO)ccc1N. The van der Waals surface area contributed by atoms with E-state index in [2.05, 4.69) is 10.3 Å². The van der Waals surface area contributed by atoms with Gasteiger partial charge in [0.2, 0.25) is 5.88 Å². The van der Waals surface area contributed by atoms with Crippen molar-refractivity contribution in [2.45, 2.75) is 6.92 Å². The minimum atomic E-state index is 0.0655. The first-order chi connectivity index (χ1) is 6.77. The third-order valence-electron chi connectivity index (χ3n) is 1.59. The van der Waals surface area contributed by atoms with Gasteiger partial charge in [0.1, 0.15) is 5.82 Å². The van der Waals surface area contributed by atoms with Crippen LogP contribution >= 0.6 is 0 Å². The highest BCUT2D eigenvalue weighted by molar-refractivity contribution is 5.53. The second-order valence-corrected chi connectivity index (χ2v) is 2.67. The van der Waals surface area contributed by atoms with Crippen molar-refractivity contribution in [2.75, 3.05) is 30.8 Å². The zero-order chi connectivity index (χ0) is 10.4. The van der Waals surface area contributed by atoms with Crippen molar-refractivity contribution < 1.29 is 9.84 Å². The summed E-state index contributed by atoms with van der Waals surface area (Å²) in [5.41, 5.74) is 6.15. The molecule has 1 rings (SSSR count). The van der Waals surface area contributed by atoms with Gasteiger partial charge in [-0.25, -0.2) is 0 Å². The second-order valence-electron chi connectivity index (χ2n) is 2.67. The number of aliphatic hydroxyl groups is 1. The molecule has 0 saturated carbocycles. The van der Waals surface area contributed by atoms with Crippen molar-refractivity contribution in [3.63, 3.8) is 0 Å². The Morgan fingerprint density at radius 3 is 3.00 bits per heavy atom. The molecular weight excluding hydrogens is 182 g/mol. The molecule has 0 aliphatic heterocycles. The van der Waals surface area contributed by atoms with E-state index in [1.807, 2.05) is 6.92 Å². The number of aromatic nitrogens is 1. The lowest BCUT2D eigenvalue weighted by Crippen LogP contribution is -2.08. The maximum Gasteiger partial charge on any atom is 0.239 e. The van der Waals surface area contributed by atoms with Crippen LogP contribution in [0.5, 0.6) is 5.88 Å². The van der Waals surface area contributed by atoms with Gasteiger partial charge in [-0.1, -0.05) is 0 Å². The molecule has 0 radical (unpaired) electrons. The molecule has 0 aliphatic carbocycles. The van der Waals surface area contributed by atoms with E-state index < -0.39 is 0 Å². The van der Waals surface area contributed by atoms with Crippen molar-refractivity contribution in [1.29, 1.82) is 0 Å². The molecule has 0 fully saturated rings. The highest BCUT2D eigenvalue weighted by Crippen LogP contribution is 2.20. The standard InChI is InChI=1S/C9H15N3O2/c1-2-14-9-7(10)3-4-8(12-9)11-5-6-13/h3-4,13H,2,5-6,10H2,1H3,(H,11,12). The Morgan fingerprint density at radius 2 is 2.36 bits per heavy atom. The van der Waals surface area contributed by atoms with E-state index in [0.29, 0.717) is 30.5 Å². The lowest BCUT2D eigenvalue weighted by molar-refractivity contribution is 0.310. The Kier molecular flexibility index (Phi) is 4.00. The fourth-order valence-corrected chi connectivity index (χ4v) is 0.986. The average molecular weight is 197 g/mol. The summed E-state index contributed by atoms with van der Waals surface area (Å²) < 4.78 is 5.22. The van der Waals surface area contributed by atoms with Gasteiger partial charge in [0.05, 0.1) is 18.9 Å². The first kappa shape index (κ1) is 10.6.